The van der Waals surface area contributed by atoms with Crippen molar-refractivity contribution >= 4 is 17.5 Å². The third-order valence-corrected chi connectivity index (χ3v) is 4.00. The van der Waals surface area contributed by atoms with Crippen LogP contribution in [0.2, 0.25) is 0 Å². The zero-order chi connectivity index (χ0) is 16.6. The predicted molar refractivity (Wildman–Crippen MR) is 80.8 cm³/mol. The molecule has 0 spiro atoms. The number of primary amides is 1. The van der Waals surface area contributed by atoms with Crippen molar-refractivity contribution in [1.82, 2.24) is 0 Å². The fourth-order valence-electron chi connectivity index (χ4n) is 2.83. The van der Waals surface area contributed by atoms with Gasteiger partial charge in [0.1, 0.15) is 11.6 Å². The summed E-state index contributed by atoms with van der Waals surface area (Å²) in [6.07, 6.45) is -0.418. The number of fused-ring (bicyclic) bond motifs is 1. The monoisotopic (exact) mass is 316 g/mol. The number of anilines is 1. The topological polar surface area (TPSA) is 63.4 Å². The maximum atomic E-state index is 13.7. The first-order valence-electron chi connectivity index (χ1n) is 7.10. The molecule has 1 heterocycles. The zero-order valence-corrected chi connectivity index (χ0v) is 12.1. The van der Waals surface area contributed by atoms with Gasteiger partial charge in [-0.3, -0.25) is 9.59 Å². The zero-order valence-electron chi connectivity index (χ0n) is 12.1. The summed E-state index contributed by atoms with van der Waals surface area (Å²) >= 11 is 0. The molecule has 2 aromatic rings. The predicted octanol–water partition coefficient (Wildman–Crippen LogP) is 2.12. The van der Waals surface area contributed by atoms with Crippen LogP contribution in [0.25, 0.3) is 0 Å². The lowest BCUT2D eigenvalue weighted by Crippen LogP contribution is -2.34. The molecule has 2 amide bonds. The van der Waals surface area contributed by atoms with Crippen LogP contribution in [0.4, 0.5) is 14.5 Å². The Labute approximate surface area is 131 Å². The van der Waals surface area contributed by atoms with Crippen molar-refractivity contribution < 1.29 is 18.4 Å². The molecule has 0 fully saturated rings. The molecule has 4 nitrogen and oxygen atoms in total. The van der Waals surface area contributed by atoms with Crippen LogP contribution in [0.3, 0.4) is 0 Å². The second-order valence-corrected chi connectivity index (χ2v) is 5.40. The van der Waals surface area contributed by atoms with Gasteiger partial charge in [-0.2, -0.15) is 0 Å². The molecule has 3 rings (SSSR count). The Morgan fingerprint density at radius 2 is 1.74 bits per heavy atom. The fourth-order valence-corrected chi connectivity index (χ4v) is 2.83. The average molecular weight is 316 g/mol. The highest BCUT2D eigenvalue weighted by atomic mass is 19.1. The Balaban J connectivity index is 1.91. The van der Waals surface area contributed by atoms with Crippen LogP contribution < -0.4 is 10.6 Å². The van der Waals surface area contributed by atoms with Gasteiger partial charge < -0.3 is 10.6 Å². The molecule has 0 saturated carbocycles. The Morgan fingerprint density at radius 1 is 1.09 bits per heavy atom. The summed E-state index contributed by atoms with van der Waals surface area (Å²) in [5.74, 6) is -3.16. The maximum absolute atomic E-state index is 13.7. The van der Waals surface area contributed by atoms with E-state index < -0.39 is 35.8 Å². The Kier molecular flexibility index (Phi) is 3.82. The average Bonchev–Trinajstić information content (AvgIpc) is 2.91. The first kappa shape index (κ1) is 15.1. The van der Waals surface area contributed by atoms with Crippen LogP contribution >= 0.6 is 0 Å². The van der Waals surface area contributed by atoms with E-state index in [9.17, 15) is 18.4 Å². The summed E-state index contributed by atoms with van der Waals surface area (Å²) in [4.78, 5) is 25.4. The van der Waals surface area contributed by atoms with Gasteiger partial charge >= 0.3 is 0 Å². The van der Waals surface area contributed by atoms with E-state index in [4.69, 9.17) is 5.73 Å². The molecule has 6 heteroatoms. The van der Waals surface area contributed by atoms with E-state index in [1.165, 1.54) is 11.0 Å². The van der Waals surface area contributed by atoms with Crippen molar-refractivity contribution in [2.24, 2.45) is 5.73 Å². The number of carbonyl (C=O) groups excluding carboxylic acids is 2. The minimum atomic E-state index is -0.766. The lowest BCUT2D eigenvalue weighted by molar-refractivity contribution is -0.119. The SMILES string of the molecule is NC(=O)[C@H]1CN(C(=O)Cc2c(F)cccc2F)c2ccccc21. The molecule has 23 heavy (non-hydrogen) atoms. The van der Waals surface area contributed by atoms with Gasteiger partial charge in [0.05, 0.1) is 12.3 Å². The van der Waals surface area contributed by atoms with Gasteiger partial charge in [0.2, 0.25) is 11.8 Å². The maximum Gasteiger partial charge on any atom is 0.231 e. The van der Waals surface area contributed by atoms with Crippen molar-refractivity contribution in [3.63, 3.8) is 0 Å². The largest absolute Gasteiger partial charge is 0.369 e. The fraction of sp³-hybridized carbons (Fsp3) is 0.176. The van der Waals surface area contributed by atoms with Gasteiger partial charge in [-0.1, -0.05) is 24.3 Å². The highest BCUT2D eigenvalue weighted by Gasteiger charge is 2.35. The summed E-state index contributed by atoms with van der Waals surface area (Å²) < 4.78 is 27.4. The van der Waals surface area contributed by atoms with Gasteiger partial charge in [0.15, 0.2) is 0 Å². The van der Waals surface area contributed by atoms with E-state index in [1.807, 2.05) is 0 Å². The number of amides is 2. The number of nitrogens with two attached hydrogens (primary N) is 1. The molecule has 2 N–H and O–H groups in total. The normalized spacial score (nSPS) is 16.3. The lowest BCUT2D eigenvalue weighted by atomic mass is 10.0. The first-order valence-corrected chi connectivity index (χ1v) is 7.10. The van der Waals surface area contributed by atoms with Crippen molar-refractivity contribution in [3.05, 3.63) is 65.2 Å². The molecule has 2 aromatic carbocycles. The number of para-hydroxylation sites is 1. The number of nitrogens with zero attached hydrogens (tertiary/aromatic N) is 1. The molecular formula is C17H14F2N2O2. The van der Waals surface area contributed by atoms with E-state index in [1.54, 1.807) is 24.3 Å². The van der Waals surface area contributed by atoms with E-state index >= 15 is 0 Å². The van der Waals surface area contributed by atoms with Crippen molar-refractivity contribution in [3.8, 4) is 0 Å². The summed E-state index contributed by atoms with van der Waals surface area (Å²) in [6, 6.07) is 10.3. The van der Waals surface area contributed by atoms with Crippen molar-refractivity contribution in [2.45, 2.75) is 12.3 Å². The van der Waals surface area contributed by atoms with Crippen LogP contribution in [-0.4, -0.2) is 18.4 Å². The summed E-state index contributed by atoms with van der Waals surface area (Å²) in [5.41, 5.74) is 6.31. The van der Waals surface area contributed by atoms with Crippen molar-refractivity contribution in [1.29, 1.82) is 0 Å². The summed E-state index contributed by atoms with van der Waals surface area (Å²) in [5, 5.41) is 0. The van der Waals surface area contributed by atoms with Gasteiger partial charge in [-0.25, -0.2) is 8.78 Å². The van der Waals surface area contributed by atoms with Gasteiger partial charge in [-0.15, -0.1) is 0 Å². The number of halogens is 2. The minimum absolute atomic E-state index is 0.0869. The van der Waals surface area contributed by atoms with Crippen LogP contribution in [0.1, 0.15) is 17.0 Å². The number of benzene rings is 2. The van der Waals surface area contributed by atoms with E-state index in [2.05, 4.69) is 0 Å². The molecule has 0 unspecified atom stereocenters. The molecule has 0 aliphatic carbocycles. The molecule has 0 saturated heterocycles. The Hall–Kier alpha value is -2.76. The molecule has 1 aliphatic rings. The molecule has 0 radical (unpaired) electrons. The Morgan fingerprint density at radius 3 is 2.39 bits per heavy atom. The highest BCUT2D eigenvalue weighted by molar-refractivity contribution is 6.00. The van der Waals surface area contributed by atoms with Gasteiger partial charge in [-0.05, 0) is 23.8 Å². The molecule has 118 valence electrons. The second kappa shape index (κ2) is 5.79. The summed E-state index contributed by atoms with van der Waals surface area (Å²) in [7, 11) is 0. The van der Waals surface area contributed by atoms with Crippen LogP contribution in [0, 0.1) is 11.6 Å². The number of hydrogen-bond donors (Lipinski definition) is 1. The lowest BCUT2D eigenvalue weighted by Gasteiger charge is -2.18. The van der Waals surface area contributed by atoms with Crippen LogP contribution in [0.15, 0.2) is 42.5 Å². The third kappa shape index (κ3) is 2.67. The smallest absolute Gasteiger partial charge is 0.231 e. The summed E-state index contributed by atoms with van der Waals surface area (Å²) in [6.45, 7) is 0.0869. The third-order valence-electron chi connectivity index (χ3n) is 4.00. The van der Waals surface area contributed by atoms with Crippen molar-refractivity contribution in [2.75, 3.05) is 11.4 Å². The second-order valence-electron chi connectivity index (χ2n) is 5.40. The van der Waals surface area contributed by atoms with E-state index in [-0.39, 0.29) is 12.1 Å². The quantitative estimate of drug-likeness (QED) is 0.943. The molecule has 0 bridgehead atoms. The number of rotatable bonds is 3. The minimum Gasteiger partial charge on any atom is -0.369 e. The molecule has 0 aromatic heterocycles. The van der Waals surface area contributed by atoms with E-state index in [0.717, 1.165) is 12.1 Å². The highest BCUT2D eigenvalue weighted by Crippen LogP contribution is 2.36. The molecule has 1 aliphatic heterocycles. The van der Waals surface area contributed by atoms with Crippen LogP contribution in [0.5, 0.6) is 0 Å². The first-order chi connectivity index (χ1) is 11.0. The molecular weight excluding hydrogens is 302 g/mol. The molecule has 1 atom stereocenters. The van der Waals surface area contributed by atoms with E-state index in [0.29, 0.717) is 11.3 Å². The van der Waals surface area contributed by atoms with Crippen LogP contribution in [-0.2, 0) is 16.0 Å². The standard InChI is InChI=1S/C17H14F2N2O2/c18-13-5-3-6-14(19)11(13)8-16(22)21-9-12(17(20)23)10-4-1-2-7-15(10)21/h1-7,12H,8-9H2,(H2,20,23)/t12-/m0/s1. The van der Waals surface area contributed by atoms with Gasteiger partial charge in [0, 0.05) is 17.8 Å². The van der Waals surface area contributed by atoms with Gasteiger partial charge in [0.25, 0.3) is 0 Å². The number of hydrogen-bond acceptors (Lipinski definition) is 2. The Bertz CT molecular complexity index is 772. The number of carbonyl (C=O) groups is 2.